The molecule has 0 bridgehead atoms. The van der Waals surface area contributed by atoms with Gasteiger partial charge in [-0.1, -0.05) is 19.3 Å². The highest BCUT2D eigenvalue weighted by Crippen LogP contribution is 2.31. The molecule has 0 amide bonds. The molecule has 15 heavy (non-hydrogen) atoms. The summed E-state index contributed by atoms with van der Waals surface area (Å²) in [5.74, 6) is 0.299. The summed E-state index contributed by atoms with van der Waals surface area (Å²) < 4.78 is 0. The monoisotopic (exact) mass is 206 g/mol. The highest BCUT2D eigenvalue weighted by atomic mass is 15.2. The molecule has 84 valence electrons. The van der Waals surface area contributed by atoms with E-state index >= 15 is 0 Å². The van der Waals surface area contributed by atoms with Gasteiger partial charge >= 0.3 is 0 Å². The number of hydrogen-bond donors (Lipinski definition) is 0. The molecule has 2 fully saturated rings. The third-order valence-electron chi connectivity index (χ3n) is 4.18. The van der Waals surface area contributed by atoms with E-state index in [2.05, 4.69) is 17.9 Å². The van der Waals surface area contributed by atoms with Gasteiger partial charge in [-0.3, -0.25) is 4.90 Å². The van der Waals surface area contributed by atoms with Crippen LogP contribution in [0.15, 0.2) is 0 Å². The molecule has 1 aliphatic heterocycles. The van der Waals surface area contributed by atoms with Crippen molar-refractivity contribution in [3.8, 4) is 6.07 Å². The minimum atomic E-state index is 0.299. The van der Waals surface area contributed by atoms with Gasteiger partial charge in [0.25, 0.3) is 0 Å². The van der Waals surface area contributed by atoms with Crippen LogP contribution < -0.4 is 0 Å². The van der Waals surface area contributed by atoms with Crippen molar-refractivity contribution in [2.75, 3.05) is 6.54 Å². The molecule has 1 heterocycles. The van der Waals surface area contributed by atoms with E-state index in [-0.39, 0.29) is 0 Å². The Balaban J connectivity index is 2.06. The zero-order valence-electron chi connectivity index (χ0n) is 9.78. The Kier molecular flexibility index (Phi) is 3.64. The maximum absolute atomic E-state index is 9.26. The zero-order chi connectivity index (χ0) is 10.7. The molecule has 0 radical (unpaired) electrons. The lowest BCUT2D eigenvalue weighted by atomic mass is 9.94. The number of nitriles is 1. The maximum Gasteiger partial charge on any atom is 0.0672 e. The predicted molar refractivity (Wildman–Crippen MR) is 61.4 cm³/mol. The second kappa shape index (κ2) is 4.99. The standard InChI is InChI=1S/C13H22N2/c1-11-6-5-9-15(11)13-8-4-2-3-7-12(13)10-14/h11-13H,2-9H2,1H3. The summed E-state index contributed by atoms with van der Waals surface area (Å²) >= 11 is 0. The van der Waals surface area contributed by atoms with Crippen molar-refractivity contribution in [3.05, 3.63) is 0 Å². The van der Waals surface area contributed by atoms with Gasteiger partial charge in [0, 0.05) is 12.1 Å². The van der Waals surface area contributed by atoms with Gasteiger partial charge < -0.3 is 0 Å². The van der Waals surface area contributed by atoms with E-state index in [1.165, 1.54) is 45.1 Å². The van der Waals surface area contributed by atoms with Crippen molar-refractivity contribution >= 4 is 0 Å². The van der Waals surface area contributed by atoms with Crippen molar-refractivity contribution in [1.82, 2.24) is 4.90 Å². The average Bonchev–Trinajstić information content (AvgIpc) is 2.54. The average molecular weight is 206 g/mol. The number of hydrogen-bond acceptors (Lipinski definition) is 2. The number of nitrogens with zero attached hydrogens (tertiary/aromatic N) is 2. The fourth-order valence-corrected chi connectivity index (χ4v) is 3.28. The van der Waals surface area contributed by atoms with Gasteiger partial charge in [0.2, 0.25) is 0 Å². The van der Waals surface area contributed by atoms with Crippen LogP contribution in [0.2, 0.25) is 0 Å². The van der Waals surface area contributed by atoms with Crippen molar-refractivity contribution in [2.24, 2.45) is 5.92 Å². The quantitative estimate of drug-likeness (QED) is 0.617. The Morgan fingerprint density at radius 3 is 2.53 bits per heavy atom. The molecule has 2 rings (SSSR count). The van der Waals surface area contributed by atoms with E-state index in [1.807, 2.05) is 0 Å². The summed E-state index contributed by atoms with van der Waals surface area (Å²) in [4.78, 5) is 2.61. The van der Waals surface area contributed by atoms with Crippen LogP contribution in [-0.2, 0) is 0 Å². The summed E-state index contributed by atoms with van der Waals surface area (Å²) in [6.45, 7) is 3.55. The largest absolute Gasteiger partial charge is 0.296 e. The van der Waals surface area contributed by atoms with E-state index < -0.39 is 0 Å². The first-order valence-electron chi connectivity index (χ1n) is 6.48. The Bertz CT molecular complexity index is 243. The molecule has 0 N–H and O–H groups in total. The molecular weight excluding hydrogens is 184 g/mol. The third kappa shape index (κ3) is 2.34. The normalized spacial score (nSPS) is 38.5. The summed E-state index contributed by atoms with van der Waals surface area (Å²) in [5.41, 5.74) is 0. The van der Waals surface area contributed by atoms with E-state index in [9.17, 15) is 5.26 Å². The molecule has 1 saturated heterocycles. The molecule has 3 unspecified atom stereocenters. The fraction of sp³-hybridized carbons (Fsp3) is 0.923. The van der Waals surface area contributed by atoms with Crippen molar-refractivity contribution in [3.63, 3.8) is 0 Å². The topological polar surface area (TPSA) is 27.0 Å². The molecule has 2 heteroatoms. The minimum absolute atomic E-state index is 0.299. The molecule has 0 aromatic rings. The van der Waals surface area contributed by atoms with Gasteiger partial charge in [0.05, 0.1) is 12.0 Å². The minimum Gasteiger partial charge on any atom is -0.296 e. The third-order valence-corrected chi connectivity index (χ3v) is 4.18. The summed E-state index contributed by atoms with van der Waals surface area (Å²) in [5, 5.41) is 9.26. The number of likely N-dealkylation sites (tertiary alicyclic amines) is 1. The Hall–Kier alpha value is -0.550. The van der Waals surface area contributed by atoms with Gasteiger partial charge in [-0.2, -0.15) is 5.26 Å². The zero-order valence-corrected chi connectivity index (χ0v) is 9.78. The van der Waals surface area contributed by atoms with Crippen molar-refractivity contribution < 1.29 is 0 Å². The molecule has 3 atom stereocenters. The summed E-state index contributed by atoms with van der Waals surface area (Å²) in [7, 11) is 0. The van der Waals surface area contributed by atoms with Crippen molar-refractivity contribution in [2.45, 2.75) is 64.0 Å². The lowest BCUT2D eigenvalue weighted by Gasteiger charge is -2.33. The predicted octanol–water partition coefficient (Wildman–Crippen LogP) is 2.94. The molecule has 1 saturated carbocycles. The van der Waals surface area contributed by atoms with Crippen LogP contribution in [0.1, 0.15) is 51.9 Å². The second-order valence-corrected chi connectivity index (χ2v) is 5.17. The van der Waals surface area contributed by atoms with E-state index in [0.717, 1.165) is 6.42 Å². The fourth-order valence-electron chi connectivity index (χ4n) is 3.28. The molecule has 0 spiro atoms. The maximum atomic E-state index is 9.26. The smallest absolute Gasteiger partial charge is 0.0672 e. The van der Waals surface area contributed by atoms with Crippen LogP contribution in [0, 0.1) is 17.2 Å². The second-order valence-electron chi connectivity index (χ2n) is 5.17. The molecule has 2 aliphatic rings. The van der Waals surface area contributed by atoms with Crippen LogP contribution in [0.5, 0.6) is 0 Å². The van der Waals surface area contributed by atoms with Crippen LogP contribution in [0.3, 0.4) is 0 Å². The first-order valence-corrected chi connectivity index (χ1v) is 6.48. The van der Waals surface area contributed by atoms with Gasteiger partial charge in [-0.05, 0) is 39.2 Å². The first kappa shape index (κ1) is 11.0. The molecular formula is C13H22N2. The van der Waals surface area contributed by atoms with E-state index in [0.29, 0.717) is 18.0 Å². The summed E-state index contributed by atoms with van der Waals surface area (Å²) in [6, 6.07) is 3.83. The Morgan fingerprint density at radius 2 is 1.87 bits per heavy atom. The van der Waals surface area contributed by atoms with Gasteiger partial charge in [0.1, 0.15) is 0 Å². The van der Waals surface area contributed by atoms with E-state index in [1.54, 1.807) is 0 Å². The SMILES string of the molecule is CC1CCCN1C1CCCCCC1C#N. The lowest BCUT2D eigenvalue weighted by molar-refractivity contribution is 0.148. The molecule has 0 aromatic carbocycles. The van der Waals surface area contributed by atoms with Crippen molar-refractivity contribution in [1.29, 1.82) is 5.26 Å². The van der Waals surface area contributed by atoms with Crippen LogP contribution in [0.25, 0.3) is 0 Å². The van der Waals surface area contributed by atoms with Gasteiger partial charge in [-0.15, -0.1) is 0 Å². The Labute approximate surface area is 93.3 Å². The summed E-state index contributed by atoms with van der Waals surface area (Å²) in [6.07, 6.45) is 8.96. The first-order chi connectivity index (χ1) is 7.33. The number of rotatable bonds is 1. The highest BCUT2D eigenvalue weighted by Gasteiger charge is 2.33. The van der Waals surface area contributed by atoms with Crippen LogP contribution in [-0.4, -0.2) is 23.5 Å². The van der Waals surface area contributed by atoms with E-state index in [4.69, 9.17) is 0 Å². The molecule has 2 nitrogen and oxygen atoms in total. The van der Waals surface area contributed by atoms with Crippen LogP contribution >= 0.6 is 0 Å². The van der Waals surface area contributed by atoms with Gasteiger partial charge in [0.15, 0.2) is 0 Å². The molecule has 0 aromatic heterocycles. The Morgan fingerprint density at radius 1 is 1.07 bits per heavy atom. The van der Waals surface area contributed by atoms with Gasteiger partial charge in [-0.25, -0.2) is 0 Å². The van der Waals surface area contributed by atoms with Crippen LogP contribution in [0.4, 0.5) is 0 Å². The molecule has 1 aliphatic carbocycles. The lowest BCUT2D eigenvalue weighted by Crippen LogP contribution is -2.41. The highest BCUT2D eigenvalue weighted by molar-refractivity contribution is 4.97.